The maximum Gasteiger partial charge on any atom is 0.249 e. The second-order valence-corrected chi connectivity index (χ2v) is 5.14. The zero-order valence-electron chi connectivity index (χ0n) is 10.2. The van der Waals surface area contributed by atoms with Gasteiger partial charge in [-0.3, -0.25) is 14.9 Å². The monoisotopic (exact) mass is 329 g/mol. The number of nitrogens with two attached hydrogens (primary N) is 1. The number of nitrogen functional groups attached to an aromatic ring is 1. The molecule has 7 heteroatoms. The van der Waals surface area contributed by atoms with Gasteiger partial charge in [0.2, 0.25) is 11.8 Å². The third-order valence-corrected chi connectivity index (χ3v) is 3.63. The molecule has 0 spiro atoms. The van der Waals surface area contributed by atoms with Crippen LogP contribution < -0.4 is 16.0 Å². The summed E-state index contributed by atoms with van der Waals surface area (Å²) in [5.41, 5.74) is 6.52. The Kier molecular flexibility index (Phi) is 3.75. The highest BCUT2D eigenvalue weighted by molar-refractivity contribution is 9.10. The van der Waals surface area contributed by atoms with Gasteiger partial charge in [0.1, 0.15) is 11.9 Å². The van der Waals surface area contributed by atoms with Crippen LogP contribution in [-0.2, 0) is 9.59 Å². The van der Waals surface area contributed by atoms with Crippen LogP contribution in [0.3, 0.4) is 0 Å². The second-order valence-electron chi connectivity index (χ2n) is 4.29. The van der Waals surface area contributed by atoms with Crippen molar-refractivity contribution < 1.29 is 14.0 Å². The molecule has 19 heavy (non-hydrogen) atoms. The van der Waals surface area contributed by atoms with Crippen molar-refractivity contribution in [2.45, 2.75) is 19.4 Å². The van der Waals surface area contributed by atoms with E-state index in [0.717, 1.165) is 0 Å². The van der Waals surface area contributed by atoms with E-state index in [1.165, 1.54) is 17.0 Å². The Morgan fingerprint density at radius 1 is 1.53 bits per heavy atom. The molecule has 1 unspecified atom stereocenters. The summed E-state index contributed by atoms with van der Waals surface area (Å²) >= 11 is 3.04. The van der Waals surface area contributed by atoms with Crippen LogP contribution in [0.5, 0.6) is 0 Å². The molecule has 2 rings (SSSR count). The first-order chi connectivity index (χ1) is 8.93. The molecule has 0 bridgehead atoms. The molecular formula is C12H13BrFN3O2. The number of carbonyl (C=O) groups excluding carboxylic acids is 2. The SMILES string of the molecule is CCC1C(=O)NC(=O)CN1c1cc(F)c(Br)cc1N. The third-order valence-electron chi connectivity index (χ3n) is 3.02. The highest BCUT2D eigenvalue weighted by Gasteiger charge is 2.33. The van der Waals surface area contributed by atoms with Crippen molar-refractivity contribution in [1.29, 1.82) is 0 Å². The molecule has 1 aromatic rings. The molecule has 0 saturated carbocycles. The van der Waals surface area contributed by atoms with E-state index >= 15 is 0 Å². The Bertz CT molecular complexity index is 550. The number of benzene rings is 1. The van der Waals surface area contributed by atoms with E-state index in [-0.39, 0.29) is 16.9 Å². The number of piperazine rings is 1. The highest BCUT2D eigenvalue weighted by atomic mass is 79.9. The maximum absolute atomic E-state index is 13.6. The fourth-order valence-electron chi connectivity index (χ4n) is 2.13. The standard InChI is InChI=1S/C12H13BrFN3O2/c1-2-9-12(19)16-11(18)5-17(9)10-4-7(14)6(13)3-8(10)15/h3-4,9H,2,5,15H2,1H3,(H,16,18,19). The van der Waals surface area contributed by atoms with E-state index < -0.39 is 17.8 Å². The zero-order chi connectivity index (χ0) is 14.2. The Hall–Kier alpha value is -1.63. The minimum absolute atomic E-state index is 0.0183. The second kappa shape index (κ2) is 5.16. The van der Waals surface area contributed by atoms with Crippen LogP contribution in [0, 0.1) is 5.82 Å². The van der Waals surface area contributed by atoms with Crippen LogP contribution >= 0.6 is 15.9 Å². The summed E-state index contributed by atoms with van der Waals surface area (Å²) in [7, 11) is 0. The van der Waals surface area contributed by atoms with E-state index in [1.54, 1.807) is 0 Å². The molecule has 3 N–H and O–H groups in total. The lowest BCUT2D eigenvalue weighted by atomic mass is 10.1. The topological polar surface area (TPSA) is 75.4 Å². The molecule has 0 radical (unpaired) electrons. The molecule has 5 nitrogen and oxygen atoms in total. The fourth-order valence-corrected chi connectivity index (χ4v) is 2.49. The lowest BCUT2D eigenvalue weighted by Gasteiger charge is -2.35. The van der Waals surface area contributed by atoms with Gasteiger partial charge >= 0.3 is 0 Å². The lowest BCUT2D eigenvalue weighted by molar-refractivity contribution is -0.132. The fraction of sp³-hybridized carbons (Fsp3) is 0.333. The van der Waals surface area contributed by atoms with Crippen molar-refractivity contribution in [3.63, 3.8) is 0 Å². The summed E-state index contributed by atoms with van der Waals surface area (Å²) < 4.78 is 13.9. The van der Waals surface area contributed by atoms with E-state index in [4.69, 9.17) is 5.73 Å². The van der Waals surface area contributed by atoms with E-state index in [2.05, 4.69) is 21.2 Å². The molecule has 1 saturated heterocycles. The van der Waals surface area contributed by atoms with Crippen LogP contribution in [-0.4, -0.2) is 24.4 Å². The van der Waals surface area contributed by atoms with E-state index in [0.29, 0.717) is 17.8 Å². The zero-order valence-corrected chi connectivity index (χ0v) is 11.8. The number of halogens is 2. The molecule has 0 aliphatic carbocycles. The van der Waals surface area contributed by atoms with Crippen LogP contribution in [0.2, 0.25) is 0 Å². The summed E-state index contributed by atoms with van der Waals surface area (Å²) in [6.07, 6.45) is 0.496. The summed E-state index contributed by atoms with van der Waals surface area (Å²) in [5, 5.41) is 2.26. The van der Waals surface area contributed by atoms with E-state index in [9.17, 15) is 14.0 Å². The quantitative estimate of drug-likeness (QED) is 0.635. The number of hydrogen-bond acceptors (Lipinski definition) is 4. The van der Waals surface area contributed by atoms with Crippen molar-refractivity contribution in [2.75, 3.05) is 17.2 Å². The molecule has 1 aromatic carbocycles. The summed E-state index contributed by atoms with van der Waals surface area (Å²) in [4.78, 5) is 24.8. The smallest absolute Gasteiger partial charge is 0.249 e. The van der Waals surface area contributed by atoms with Gasteiger partial charge in [-0.2, -0.15) is 0 Å². The predicted molar refractivity (Wildman–Crippen MR) is 73.1 cm³/mol. The first kappa shape index (κ1) is 13.8. The van der Waals surface area contributed by atoms with Crippen LogP contribution in [0.4, 0.5) is 15.8 Å². The minimum Gasteiger partial charge on any atom is -0.397 e. The number of amides is 2. The van der Waals surface area contributed by atoms with Gasteiger partial charge in [0.15, 0.2) is 0 Å². The minimum atomic E-state index is -0.527. The average molecular weight is 330 g/mol. The highest BCUT2D eigenvalue weighted by Crippen LogP contribution is 2.31. The van der Waals surface area contributed by atoms with Gasteiger partial charge in [-0.25, -0.2) is 4.39 Å². The van der Waals surface area contributed by atoms with Gasteiger partial charge in [0, 0.05) is 6.07 Å². The normalized spacial score (nSPS) is 19.5. The summed E-state index contributed by atoms with van der Waals surface area (Å²) in [6.45, 7) is 1.80. The van der Waals surface area contributed by atoms with Crippen molar-refractivity contribution in [3.05, 3.63) is 22.4 Å². The van der Waals surface area contributed by atoms with Gasteiger partial charge in [-0.05, 0) is 28.4 Å². The molecule has 102 valence electrons. The van der Waals surface area contributed by atoms with Crippen LogP contribution in [0.1, 0.15) is 13.3 Å². The Balaban J connectivity index is 2.46. The van der Waals surface area contributed by atoms with Crippen LogP contribution in [0.15, 0.2) is 16.6 Å². The molecule has 0 aromatic heterocycles. The summed E-state index contributed by atoms with van der Waals surface area (Å²) in [6, 6.07) is 2.13. The first-order valence-electron chi connectivity index (χ1n) is 5.79. The largest absolute Gasteiger partial charge is 0.397 e. The molecule has 1 aliphatic heterocycles. The third kappa shape index (κ3) is 2.56. The maximum atomic E-state index is 13.6. The number of imide groups is 1. The Morgan fingerprint density at radius 2 is 2.21 bits per heavy atom. The molecule has 1 heterocycles. The van der Waals surface area contributed by atoms with Crippen molar-refractivity contribution in [1.82, 2.24) is 5.32 Å². The van der Waals surface area contributed by atoms with Gasteiger partial charge in [-0.1, -0.05) is 6.92 Å². The number of nitrogens with zero attached hydrogens (tertiary/aromatic N) is 1. The molecule has 1 fully saturated rings. The number of hydrogen-bond donors (Lipinski definition) is 2. The molecule has 1 atom stereocenters. The van der Waals surface area contributed by atoms with Crippen molar-refractivity contribution >= 4 is 39.1 Å². The first-order valence-corrected chi connectivity index (χ1v) is 6.58. The van der Waals surface area contributed by atoms with Gasteiger partial charge in [-0.15, -0.1) is 0 Å². The van der Waals surface area contributed by atoms with Gasteiger partial charge in [0.25, 0.3) is 0 Å². The number of rotatable bonds is 2. The van der Waals surface area contributed by atoms with Crippen LogP contribution in [0.25, 0.3) is 0 Å². The van der Waals surface area contributed by atoms with Crippen molar-refractivity contribution in [3.8, 4) is 0 Å². The van der Waals surface area contributed by atoms with Gasteiger partial charge < -0.3 is 10.6 Å². The Labute approximate surface area is 118 Å². The molecule has 1 aliphatic rings. The van der Waals surface area contributed by atoms with Gasteiger partial charge in [0.05, 0.1) is 22.4 Å². The van der Waals surface area contributed by atoms with E-state index in [1.807, 2.05) is 6.92 Å². The predicted octanol–water partition coefficient (Wildman–Crippen LogP) is 1.41. The Morgan fingerprint density at radius 3 is 2.84 bits per heavy atom. The number of nitrogens with one attached hydrogen (secondary N) is 1. The molecular weight excluding hydrogens is 317 g/mol. The number of carbonyl (C=O) groups is 2. The van der Waals surface area contributed by atoms with Crippen molar-refractivity contribution in [2.24, 2.45) is 0 Å². The number of anilines is 2. The average Bonchev–Trinajstić information content (AvgIpc) is 2.33. The lowest BCUT2D eigenvalue weighted by Crippen LogP contribution is -2.58. The molecule has 2 amide bonds. The summed E-state index contributed by atoms with van der Waals surface area (Å²) in [5.74, 6) is -1.30.